The zero-order chi connectivity index (χ0) is 6.97. The minimum absolute atomic E-state index is 0.213. The summed E-state index contributed by atoms with van der Waals surface area (Å²) in [6, 6.07) is 7.33. The Balaban J connectivity index is 2.39. The van der Waals surface area contributed by atoms with E-state index in [1.54, 1.807) is 12.1 Å². The molecule has 1 fully saturated rings. The first kappa shape index (κ1) is 5.78. The van der Waals surface area contributed by atoms with Crippen LogP contribution in [0.25, 0.3) is 0 Å². The summed E-state index contributed by atoms with van der Waals surface area (Å²) in [4.78, 5) is 0. The average molecular weight is 133 g/mol. The van der Waals surface area contributed by atoms with E-state index >= 15 is 0 Å². The Morgan fingerprint density at radius 1 is 1.20 bits per heavy atom. The minimum Gasteiger partial charge on any atom is -0.290 e. The van der Waals surface area contributed by atoms with Gasteiger partial charge in [-0.1, -0.05) is 18.2 Å². The van der Waals surface area contributed by atoms with Crippen LogP contribution in [0.2, 0.25) is 0 Å². The van der Waals surface area contributed by atoms with E-state index in [2.05, 4.69) is 0 Å². The summed E-state index contributed by atoms with van der Waals surface area (Å²) < 4.78 is 0. The number of benzene rings is 1. The standard InChI is InChI=1S/C9H9O/c10-9-4-2-1-3-8(9)7-5-6-7/h1-4,7H,5-6H2. The molecule has 0 saturated heterocycles. The van der Waals surface area contributed by atoms with Crippen LogP contribution in [0.4, 0.5) is 0 Å². The number of hydrogen-bond acceptors (Lipinski definition) is 0. The largest absolute Gasteiger partial charge is 0.290 e. The lowest BCUT2D eigenvalue weighted by Crippen LogP contribution is -1.76. The minimum atomic E-state index is 0.213. The topological polar surface area (TPSA) is 19.9 Å². The molecule has 0 amide bonds. The normalized spacial score (nSPS) is 17.2. The highest BCUT2D eigenvalue weighted by Gasteiger charge is 2.26. The predicted molar refractivity (Wildman–Crippen MR) is 38.5 cm³/mol. The maximum absolute atomic E-state index is 11.1. The van der Waals surface area contributed by atoms with Crippen molar-refractivity contribution in [1.29, 1.82) is 0 Å². The quantitative estimate of drug-likeness (QED) is 0.561. The molecule has 1 nitrogen and oxygen atoms in total. The monoisotopic (exact) mass is 133 g/mol. The summed E-state index contributed by atoms with van der Waals surface area (Å²) >= 11 is 0. The van der Waals surface area contributed by atoms with Gasteiger partial charge in [-0.05, 0) is 24.8 Å². The van der Waals surface area contributed by atoms with E-state index < -0.39 is 0 Å². The van der Waals surface area contributed by atoms with Gasteiger partial charge in [-0.3, -0.25) is 5.11 Å². The van der Waals surface area contributed by atoms with Crippen LogP contribution in [-0.2, 0) is 5.11 Å². The predicted octanol–water partition coefficient (Wildman–Crippen LogP) is 2.71. The van der Waals surface area contributed by atoms with Crippen LogP contribution in [0.5, 0.6) is 5.75 Å². The molecule has 1 saturated carbocycles. The third kappa shape index (κ3) is 0.878. The molecule has 0 spiro atoms. The number of rotatable bonds is 1. The molecule has 1 aliphatic carbocycles. The lowest BCUT2D eigenvalue weighted by Gasteiger charge is -1.95. The maximum Gasteiger partial charge on any atom is 0.182 e. The van der Waals surface area contributed by atoms with Crippen molar-refractivity contribution in [2.45, 2.75) is 18.8 Å². The summed E-state index contributed by atoms with van der Waals surface area (Å²) in [5.41, 5.74) is 1.02. The fourth-order valence-corrected chi connectivity index (χ4v) is 1.21. The lowest BCUT2D eigenvalue weighted by molar-refractivity contribution is 0.350. The Kier molecular flexibility index (Phi) is 1.16. The highest BCUT2D eigenvalue weighted by atomic mass is 16.3. The van der Waals surface area contributed by atoms with E-state index in [0.717, 1.165) is 5.56 Å². The summed E-state index contributed by atoms with van der Waals surface area (Å²) in [6.45, 7) is 0. The molecule has 1 aliphatic rings. The van der Waals surface area contributed by atoms with Crippen LogP contribution in [0, 0.1) is 0 Å². The van der Waals surface area contributed by atoms with Crippen molar-refractivity contribution in [1.82, 2.24) is 0 Å². The van der Waals surface area contributed by atoms with Crippen molar-refractivity contribution in [2.24, 2.45) is 0 Å². The molecule has 0 bridgehead atoms. The molecule has 1 radical (unpaired) electrons. The summed E-state index contributed by atoms with van der Waals surface area (Å²) in [5.74, 6) is 0.804. The van der Waals surface area contributed by atoms with E-state index in [4.69, 9.17) is 0 Å². The zero-order valence-electron chi connectivity index (χ0n) is 5.71. The van der Waals surface area contributed by atoms with Crippen molar-refractivity contribution in [3.8, 4) is 5.75 Å². The first-order chi connectivity index (χ1) is 4.88. The summed E-state index contributed by atoms with van der Waals surface area (Å²) in [6.07, 6.45) is 2.42. The van der Waals surface area contributed by atoms with Gasteiger partial charge >= 0.3 is 0 Å². The van der Waals surface area contributed by atoms with Crippen molar-refractivity contribution in [3.63, 3.8) is 0 Å². The third-order valence-electron chi connectivity index (χ3n) is 1.94. The summed E-state index contributed by atoms with van der Waals surface area (Å²) in [5, 5.41) is 11.1. The highest BCUT2D eigenvalue weighted by molar-refractivity contribution is 5.36. The Hall–Kier alpha value is -0.980. The van der Waals surface area contributed by atoms with Gasteiger partial charge in [0.1, 0.15) is 0 Å². The number of para-hydroxylation sites is 1. The molecule has 1 aromatic carbocycles. The molecule has 0 aliphatic heterocycles. The van der Waals surface area contributed by atoms with Crippen LogP contribution in [-0.4, -0.2) is 0 Å². The van der Waals surface area contributed by atoms with Crippen molar-refractivity contribution < 1.29 is 5.11 Å². The Morgan fingerprint density at radius 3 is 2.50 bits per heavy atom. The number of hydrogen-bond donors (Lipinski definition) is 0. The van der Waals surface area contributed by atoms with Crippen LogP contribution < -0.4 is 0 Å². The molecule has 2 rings (SSSR count). The molecular weight excluding hydrogens is 124 g/mol. The second kappa shape index (κ2) is 2.01. The zero-order valence-corrected chi connectivity index (χ0v) is 5.71. The first-order valence-electron chi connectivity index (χ1n) is 3.64. The van der Waals surface area contributed by atoms with E-state index in [1.165, 1.54) is 12.8 Å². The maximum atomic E-state index is 11.1. The van der Waals surface area contributed by atoms with E-state index in [-0.39, 0.29) is 5.75 Å². The van der Waals surface area contributed by atoms with Gasteiger partial charge in [0.05, 0.1) is 0 Å². The molecule has 10 heavy (non-hydrogen) atoms. The fourth-order valence-electron chi connectivity index (χ4n) is 1.21. The van der Waals surface area contributed by atoms with Crippen molar-refractivity contribution in [3.05, 3.63) is 29.8 Å². The summed E-state index contributed by atoms with van der Waals surface area (Å²) in [7, 11) is 0. The fraction of sp³-hybridized carbons (Fsp3) is 0.333. The van der Waals surface area contributed by atoms with Crippen molar-refractivity contribution in [2.75, 3.05) is 0 Å². The second-order valence-corrected chi connectivity index (χ2v) is 2.81. The van der Waals surface area contributed by atoms with Crippen molar-refractivity contribution >= 4 is 0 Å². The SMILES string of the molecule is [O]c1ccccc1C1CC1. The second-order valence-electron chi connectivity index (χ2n) is 2.81. The first-order valence-corrected chi connectivity index (χ1v) is 3.64. The van der Waals surface area contributed by atoms with Gasteiger partial charge in [0.25, 0.3) is 0 Å². The van der Waals surface area contributed by atoms with Crippen LogP contribution in [0.3, 0.4) is 0 Å². The molecule has 0 heterocycles. The molecule has 51 valence electrons. The van der Waals surface area contributed by atoms with Gasteiger partial charge in [-0.2, -0.15) is 0 Å². The Bertz CT molecular complexity index is 238. The third-order valence-corrected chi connectivity index (χ3v) is 1.94. The smallest absolute Gasteiger partial charge is 0.182 e. The Morgan fingerprint density at radius 2 is 1.90 bits per heavy atom. The van der Waals surface area contributed by atoms with Gasteiger partial charge in [0.2, 0.25) is 0 Å². The van der Waals surface area contributed by atoms with Gasteiger partial charge in [-0.25, -0.2) is 0 Å². The van der Waals surface area contributed by atoms with E-state index in [0.29, 0.717) is 5.92 Å². The highest BCUT2D eigenvalue weighted by Crippen LogP contribution is 2.43. The molecule has 0 atom stereocenters. The van der Waals surface area contributed by atoms with E-state index in [9.17, 15) is 5.11 Å². The van der Waals surface area contributed by atoms with Gasteiger partial charge in [-0.15, -0.1) is 0 Å². The van der Waals surface area contributed by atoms with E-state index in [1.807, 2.05) is 12.1 Å². The molecule has 1 aromatic rings. The van der Waals surface area contributed by atoms with Gasteiger partial charge in [0.15, 0.2) is 5.75 Å². The van der Waals surface area contributed by atoms with Crippen LogP contribution in [0.1, 0.15) is 24.3 Å². The molecule has 0 N–H and O–H groups in total. The Labute approximate surface area is 60.3 Å². The molecular formula is C9H9O. The van der Waals surface area contributed by atoms with Crippen LogP contribution in [0.15, 0.2) is 24.3 Å². The van der Waals surface area contributed by atoms with Crippen LogP contribution >= 0.6 is 0 Å². The average Bonchev–Trinajstić information content (AvgIpc) is 2.71. The molecule has 0 unspecified atom stereocenters. The van der Waals surface area contributed by atoms with Gasteiger partial charge in [0, 0.05) is 5.56 Å². The lowest BCUT2D eigenvalue weighted by atomic mass is 10.1. The van der Waals surface area contributed by atoms with Gasteiger partial charge < -0.3 is 0 Å². The molecule has 0 aromatic heterocycles. The molecule has 1 heteroatoms.